The minimum absolute atomic E-state index is 0.0429. The van der Waals surface area contributed by atoms with Gasteiger partial charge in [-0.25, -0.2) is 13.2 Å². The third-order valence-corrected chi connectivity index (χ3v) is 5.48. The molecule has 0 spiro atoms. The molecular formula is C13H17NO5S. The quantitative estimate of drug-likeness (QED) is 0.814. The van der Waals surface area contributed by atoms with Crippen LogP contribution in [0.3, 0.4) is 0 Å². The van der Waals surface area contributed by atoms with E-state index in [0.717, 1.165) is 19.3 Å². The third kappa shape index (κ3) is 2.84. The smallest absolute Gasteiger partial charge is 0.335 e. The van der Waals surface area contributed by atoms with Gasteiger partial charge in [0.2, 0.25) is 10.0 Å². The lowest BCUT2D eigenvalue weighted by atomic mass is 9.93. The molecule has 110 valence electrons. The lowest BCUT2D eigenvalue weighted by Gasteiger charge is -2.36. The first-order valence-corrected chi connectivity index (χ1v) is 7.87. The van der Waals surface area contributed by atoms with E-state index in [-0.39, 0.29) is 29.7 Å². The molecule has 6 nitrogen and oxygen atoms in total. The van der Waals surface area contributed by atoms with Gasteiger partial charge in [-0.05, 0) is 37.1 Å². The van der Waals surface area contributed by atoms with Crippen molar-refractivity contribution < 1.29 is 23.4 Å². The Kier molecular flexibility index (Phi) is 4.42. The van der Waals surface area contributed by atoms with Crippen molar-refractivity contribution >= 4 is 16.0 Å². The topological polar surface area (TPSA) is 94.9 Å². The number of carboxylic acids is 1. The van der Waals surface area contributed by atoms with Crippen molar-refractivity contribution in [3.05, 3.63) is 29.8 Å². The van der Waals surface area contributed by atoms with Crippen LogP contribution in [0.1, 0.15) is 29.6 Å². The van der Waals surface area contributed by atoms with Gasteiger partial charge < -0.3 is 10.2 Å². The molecule has 1 aromatic rings. The minimum Gasteiger partial charge on any atom is -0.478 e. The number of hydrogen-bond donors (Lipinski definition) is 2. The Morgan fingerprint density at radius 2 is 1.85 bits per heavy atom. The second-order valence-electron chi connectivity index (χ2n) is 4.75. The van der Waals surface area contributed by atoms with E-state index in [0.29, 0.717) is 0 Å². The van der Waals surface area contributed by atoms with E-state index in [1.54, 1.807) is 0 Å². The number of nitrogens with zero attached hydrogens (tertiary/aromatic N) is 1. The summed E-state index contributed by atoms with van der Waals surface area (Å²) in [5, 5.41) is 17.9. The summed E-state index contributed by atoms with van der Waals surface area (Å²) in [5.41, 5.74) is 0.0429. The van der Waals surface area contributed by atoms with Crippen molar-refractivity contribution in [2.75, 3.05) is 13.2 Å². The Balaban J connectivity index is 2.29. The van der Waals surface area contributed by atoms with Gasteiger partial charge in [-0.1, -0.05) is 6.42 Å². The van der Waals surface area contributed by atoms with Crippen molar-refractivity contribution in [1.82, 2.24) is 4.31 Å². The molecule has 0 aromatic heterocycles. The summed E-state index contributed by atoms with van der Waals surface area (Å²) in [6, 6.07) is 5.07. The first-order chi connectivity index (χ1) is 9.46. The zero-order valence-corrected chi connectivity index (χ0v) is 11.7. The maximum Gasteiger partial charge on any atom is 0.335 e. The fourth-order valence-corrected chi connectivity index (χ4v) is 3.85. The number of sulfonamides is 1. The fourth-order valence-electron chi connectivity index (χ4n) is 2.18. The molecule has 1 aliphatic carbocycles. The molecule has 2 N–H and O–H groups in total. The number of carboxylic acid groups (broad SMARTS) is 1. The number of aliphatic hydroxyl groups excluding tert-OH is 1. The van der Waals surface area contributed by atoms with E-state index in [1.165, 1.54) is 28.6 Å². The third-order valence-electron chi connectivity index (χ3n) is 3.51. The summed E-state index contributed by atoms with van der Waals surface area (Å²) in [6.45, 7) is -0.170. The van der Waals surface area contributed by atoms with Gasteiger partial charge in [0, 0.05) is 12.6 Å². The van der Waals surface area contributed by atoms with Gasteiger partial charge in [-0.2, -0.15) is 4.31 Å². The van der Waals surface area contributed by atoms with Crippen LogP contribution in [0, 0.1) is 0 Å². The summed E-state index contributed by atoms with van der Waals surface area (Å²) < 4.78 is 26.3. The second-order valence-corrected chi connectivity index (χ2v) is 6.64. The second kappa shape index (κ2) is 5.90. The van der Waals surface area contributed by atoms with Crippen molar-refractivity contribution in [1.29, 1.82) is 0 Å². The van der Waals surface area contributed by atoms with Gasteiger partial charge in [0.1, 0.15) is 0 Å². The zero-order valence-electron chi connectivity index (χ0n) is 10.9. The number of aliphatic hydroxyl groups is 1. The number of hydrogen-bond acceptors (Lipinski definition) is 4. The van der Waals surface area contributed by atoms with E-state index < -0.39 is 16.0 Å². The standard InChI is InChI=1S/C13H17NO5S/c15-9-8-14(11-2-1-3-11)20(18,19)12-6-4-10(5-7-12)13(16)17/h4-7,11,15H,1-3,8-9H2,(H,16,17). The largest absolute Gasteiger partial charge is 0.478 e. The van der Waals surface area contributed by atoms with Gasteiger partial charge in [-0.3, -0.25) is 0 Å². The molecule has 0 atom stereocenters. The average molecular weight is 299 g/mol. The number of rotatable bonds is 6. The molecule has 1 fully saturated rings. The molecule has 0 aliphatic heterocycles. The monoisotopic (exact) mass is 299 g/mol. The van der Waals surface area contributed by atoms with Crippen molar-refractivity contribution in [3.8, 4) is 0 Å². The first-order valence-electron chi connectivity index (χ1n) is 6.43. The Hall–Kier alpha value is -1.44. The molecule has 2 rings (SSSR count). The number of benzene rings is 1. The molecule has 0 bridgehead atoms. The SMILES string of the molecule is O=C(O)c1ccc(S(=O)(=O)N(CCO)C2CCC2)cc1. The molecule has 0 radical (unpaired) electrons. The molecular weight excluding hydrogens is 282 g/mol. The van der Waals surface area contributed by atoms with Gasteiger partial charge >= 0.3 is 5.97 Å². The molecule has 20 heavy (non-hydrogen) atoms. The van der Waals surface area contributed by atoms with E-state index >= 15 is 0 Å². The van der Waals surface area contributed by atoms with Crippen LogP contribution in [0.15, 0.2) is 29.2 Å². The first kappa shape index (κ1) is 15.0. The Bertz CT molecular complexity index is 577. The van der Waals surface area contributed by atoms with Crippen LogP contribution in [0.4, 0.5) is 0 Å². The van der Waals surface area contributed by atoms with Gasteiger partial charge in [-0.15, -0.1) is 0 Å². The molecule has 7 heteroatoms. The van der Waals surface area contributed by atoms with Crippen LogP contribution in [0.25, 0.3) is 0 Å². The normalized spacial score (nSPS) is 16.1. The Labute approximate surface area is 117 Å². The molecule has 0 amide bonds. The van der Waals surface area contributed by atoms with Crippen molar-refractivity contribution in [2.24, 2.45) is 0 Å². The summed E-state index contributed by atoms with van der Waals surface area (Å²) in [4.78, 5) is 10.8. The van der Waals surface area contributed by atoms with Crippen LogP contribution in [0.2, 0.25) is 0 Å². The predicted octanol–water partition coefficient (Wildman–Crippen LogP) is 0.920. The van der Waals surface area contributed by atoms with E-state index in [1.807, 2.05) is 0 Å². The Morgan fingerprint density at radius 3 is 2.25 bits per heavy atom. The number of carbonyl (C=O) groups is 1. The molecule has 0 heterocycles. The van der Waals surface area contributed by atoms with Gasteiger partial charge in [0.15, 0.2) is 0 Å². The van der Waals surface area contributed by atoms with Crippen molar-refractivity contribution in [3.63, 3.8) is 0 Å². The van der Waals surface area contributed by atoms with E-state index in [9.17, 15) is 13.2 Å². The molecule has 1 saturated carbocycles. The van der Waals surface area contributed by atoms with Crippen LogP contribution in [-0.2, 0) is 10.0 Å². The maximum atomic E-state index is 12.5. The lowest BCUT2D eigenvalue weighted by molar-refractivity contribution is 0.0696. The average Bonchev–Trinajstić information content (AvgIpc) is 2.36. The predicted molar refractivity (Wildman–Crippen MR) is 72.0 cm³/mol. The fraction of sp³-hybridized carbons (Fsp3) is 0.462. The van der Waals surface area contributed by atoms with Crippen LogP contribution < -0.4 is 0 Å². The minimum atomic E-state index is -3.69. The highest BCUT2D eigenvalue weighted by Crippen LogP contribution is 2.29. The highest BCUT2D eigenvalue weighted by Gasteiger charge is 2.34. The highest BCUT2D eigenvalue weighted by molar-refractivity contribution is 7.89. The van der Waals surface area contributed by atoms with Gasteiger partial charge in [0.05, 0.1) is 17.1 Å². The summed E-state index contributed by atoms with van der Waals surface area (Å²) in [7, 11) is -3.69. The highest BCUT2D eigenvalue weighted by atomic mass is 32.2. The Morgan fingerprint density at radius 1 is 1.25 bits per heavy atom. The molecule has 0 unspecified atom stereocenters. The summed E-state index contributed by atoms with van der Waals surface area (Å²) in [6.07, 6.45) is 2.58. The van der Waals surface area contributed by atoms with Crippen LogP contribution in [0.5, 0.6) is 0 Å². The van der Waals surface area contributed by atoms with Gasteiger partial charge in [0.25, 0.3) is 0 Å². The zero-order chi connectivity index (χ0) is 14.8. The van der Waals surface area contributed by atoms with E-state index in [4.69, 9.17) is 10.2 Å². The van der Waals surface area contributed by atoms with E-state index in [2.05, 4.69) is 0 Å². The van der Waals surface area contributed by atoms with Crippen molar-refractivity contribution in [2.45, 2.75) is 30.2 Å². The number of aromatic carboxylic acids is 1. The van der Waals surface area contributed by atoms with Crippen LogP contribution in [-0.4, -0.2) is 48.1 Å². The van der Waals surface area contributed by atoms with Crippen LogP contribution >= 0.6 is 0 Å². The summed E-state index contributed by atoms with van der Waals surface area (Å²) >= 11 is 0. The molecule has 1 aromatic carbocycles. The maximum absolute atomic E-state index is 12.5. The molecule has 0 saturated heterocycles. The lowest BCUT2D eigenvalue weighted by Crippen LogP contribution is -2.45. The summed E-state index contributed by atoms with van der Waals surface area (Å²) in [5.74, 6) is -1.10. The molecule has 1 aliphatic rings.